The molecule has 4 rings (SSSR count). The number of carbonyl (C=O) groups is 3. The van der Waals surface area contributed by atoms with Crippen molar-refractivity contribution in [3.05, 3.63) is 75.9 Å². The van der Waals surface area contributed by atoms with E-state index < -0.39 is 29.1 Å². The Hall–Kier alpha value is -3.97. The Morgan fingerprint density at radius 3 is 2.30 bits per heavy atom. The van der Waals surface area contributed by atoms with E-state index in [2.05, 4.69) is 4.90 Å². The summed E-state index contributed by atoms with van der Waals surface area (Å²) in [4.78, 5) is 43.6. The third kappa shape index (κ3) is 6.10. The molecule has 2 aliphatic rings. The number of rotatable bonds is 8. The fourth-order valence-electron chi connectivity index (χ4n) is 5.19. The van der Waals surface area contributed by atoms with E-state index in [4.69, 9.17) is 5.26 Å². The number of aryl methyl sites for hydroxylation is 1. The second-order valence-electron chi connectivity index (χ2n) is 10.1. The number of piperazine rings is 1. The summed E-state index contributed by atoms with van der Waals surface area (Å²) in [6.07, 6.45) is -2.08. The largest absolute Gasteiger partial charge is 0.417 e. The first-order valence-electron chi connectivity index (χ1n) is 13.3. The van der Waals surface area contributed by atoms with Gasteiger partial charge in [-0.25, -0.2) is 4.90 Å². The molecular weight excluding hydrogens is 521 g/mol. The molecule has 0 atom stereocenters. The number of hydrogen-bond acceptors (Lipinski definition) is 5. The van der Waals surface area contributed by atoms with Gasteiger partial charge in [0.2, 0.25) is 0 Å². The maximum absolute atomic E-state index is 13.4. The molecule has 210 valence electrons. The molecule has 2 aliphatic heterocycles. The summed E-state index contributed by atoms with van der Waals surface area (Å²) in [5.74, 6) is -1.20. The van der Waals surface area contributed by atoms with Crippen molar-refractivity contribution in [2.45, 2.75) is 45.7 Å². The molecule has 7 nitrogen and oxygen atoms in total. The first-order valence-corrected chi connectivity index (χ1v) is 13.3. The van der Waals surface area contributed by atoms with Crippen LogP contribution in [-0.4, -0.2) is 60.2 Å². The van der Waals surface area contributed by atoms with Crippen LogP contribution < -0.4 is 4.90 Å². The molecule has 3 amide bonds. The number of anilines is 1. The van der Waals surface area contributed by atoms with Crippen molar-refractivity contribution in [1.29, 1.82) is 5.26 Å². The summed E-state index contributed by atoms with van der Waals surface area (Å²) in [5.41, 5.74) is 0.298. The zero-order chi connectivity index (χ0) is 29.0. The van der Waals surface area contributed by atoms with E-state index in [9.17, 15) is 27.6 Å². The minimum atomic E-state index is -4.79. The Morgan fingerprint density at radius 2 is 1.65 bits per heavy atom. The fourth-order valence-corrected chi connectivity index (χ4v) is 5.19. The minimum Gasteiger partial charge on any atom is -0.336 e. The summed E-state index contributed by atoms with van der Waals surface area (Å²) >= 11 is 0. The summed E-state index contributed by atoms with van der Waals surface area (Å²) < 4.78 is 40.2. The SMILES string of the molecule is CC1=C(CCCCCN2CCN(C(=O)c3ccccc3C)CC2)C(=O)N(c2ccc(C#N)c(C(F)(F)F)c2)C1=O. The molecule has 0 aromatic heterocycles. The smallest absolute Gasteiger partial charge is 0.336 e. The molecule has 0 unspecified atom stereocenters. The van der Waals surface area contributed by atoms with Gasteiger partial charge >= 0.3 is 6.18 Å². The number of amides is 3. The van der Waals surface area contributed by atoms with E-state index in [0.29, 0.717) is 37.6 Å². The van der Waals surface area contributed by atoms with Crippen LogP contribution in [0.4, 0.5) is 18.9 Å². The summed E-state index contributed by atoms with van der Waals surface area (Å²) in [7, 11) is 0. The topological polar surface area (TPSA) is 84.7 Å². The van der Waals surface area contributed by atoms with Crippen molar-refractivity contribution in [2.24, 2.45) is 0 Å². The molecule has 0 N–H and O–H groups in total. The lowest BCUT2D eigenvalue weighted by atomic mass is 10.0. The van der Waals surface area contributed by atoms with Gasteiger partial charge < -0.3 is 4.90 Å². The third-order valence-electron chi connectivity index (χ3n) is 7.56. The Bertz CT molecular complexity index is 1390. The molecule has 2 heterocycles. The Labute approximate surface area is 231 Å². The molecule has 0 radical (unpaired) electrons. The minimum absolute atomic E-state index is 0.0573. The van der Waals surface area contributed by atoms with Gasteiger partial charge in [-0.15, -0.1) is 0 Å². The van der Waals surface area contributed by atoms with E-state index in [1.165, 1.54) is 19.1 Å². The number of hydrogen-bond donors (Lipinski definition) is 0. The number of imide groups is 1. The van der Waals surface area contributed by atoms with Crippen LogP contribution in [0.15, 0.2) is 53.6 Å². The zero-order valence-corrected chi connectivity index (χ0v) is 22.6. The van der Waals surface area contributed by atoms with Gasteiger partial charge in [-0.3, -0.25) is 19.3 Å². The van der Waals surface area contributed by atoms with E-state index in [0.717, 1.165) is 54.6 Å². The monoisotopic (exact) mass is 552 g/mol. The molecule has 10 heteroatoms. The van der Waals surface area contributed by atoms with Gasteiger partial charge in [-0.1, -0.05) is 24.6 Å². The zero-order valence-electron chi connectivity index (χ0n) is 22.6. The average Bonchev–Trinajstić information content (AvgIpc) is 3.15. The molecule has 40 heavy (non-hydrogen) atoms. The summed E-state index contributed by atoms with van der Waals surface area (Å²) in [6, 6.07) is 11.9. The van der Waals surface area contributed by atoms with Gasteiger partial charge in [0.25, 0.3) is 17.7 Å². The molecule has 2 aromatic rings. The molecule has 0 aliphatic carbocycles. The average molecular weight is 553 g/mol. The van der Waals surface area contributed by atoms with E-state index >= 15 is 0 Å². The predicted octanol–water partition coefficient (Wildman–Crippen LogP) is 5.09. The predicted molar refractivity (Wildman–Crippen MR) is 143 cm³/mol. The lowest BCUT2D eigenvalue weighted by Gasteiger charge is -2.35. The van der Waals surface area contributed by atoms with Crippen LogP contribution in [0, 0.1) is 18.3 Å². The number of unbranched alkanes of at least 4 members (excludes halogenated alkanes) is 2. The number of nitrogens with zero attached hydrogens (tertiary/aromatic N) is 4. The highest BCUT2D eigenvalue weighted by atomic mass is 19.4. The van der Waals surface area contributed by atoms with Gasteiger partial charge in [0.15, 0.2) is 0 Å². The molecule has 2 aromatic carbocycles. The first-order chi connectivity index (χ1) is 19.0. The normalized spacial score (nSPS) is 16.6. The van der Waals surface area contributed by atoms with Crippen molar-refractivity contribution in [2.75, 3.05) is 37.6 Å². The van der Waals surface area contributed by atoms with Gasteiger partial charge in [0.1, 0.15) is 0 Å². The lowest BCUT2D eigenvalue weighted by Crippen LogP contribution is -2.48. The van der Waals surface area contributed by atoms with Crippen molar-refractivity contribution in [3.63, 3.8) is 0 Å². The molecular formula is C30H31F3N4O3. The second kappa shape index (κ2) is 12.0. The van der Waals surface area contributed by atoms with Crippen LogP contribution in [-0.2, 0) is 15.8 Å². The van der Waals surface area contributed by atoms with Crippen LogP contribution in [0.1, 0.15) is 59.7 Å². The molecule has 0 bridgehead atoms. The van der Waals surface area contributed by atoms with Crippen molar-refractivity contribution >= 4 is 23.4 Å². The van der Waals surface area contributed by atoms with E-state index in [-0.39, 0.29) is 17.2 Å². The van der Waals surface area contributed by atoms with E-state index in [1.807, 2.05) is 36.1 Å². The highest BCUT2D eigenvalue weighted by Gasteiger charge is 2.39. The van der Waals surface area contributed by atoms with Crippen LogP contribution in [0.2, 0.25) is 0 Å². The number of nitriles is 1. The molecule has 0 spiro atoms. The van der Waals surface area contributed by atoms with Gasteiger partial charge in [-0.05, 0) is 69.5 Å². The number of halogens is 3. The number of alkyl halides is 3. The maximum atomic E-state index is 13.4. The molecule has 1 fully saturated rings. The Balaban J connectivity index is 1.25. The fraction of sp³-hybridized carbons (Fsp3) is 0.400. The number of carbonyl (C=O) groups excluding carboxylic acids is 3. The molecule has 0 saturated carbocycles. The van der Waals surface area contributed by atoms with E-state index in [1.54, 1.807) is 0 Å². The highest BCUT2D eigenvalue weighted by molar-refractivity contribution is 6.32. The van der Waals surface area contributed by atoms with Crippen LogP contribution in [0.25, 0.3) is 0 Å². The van der Waals surface area contributed by atoms with Crippen molar-refractivity contribution in [3.8, 4) is 6.07 Å². The van der Waals surface area contributed by atoms with Crippen LogP contribution in [0.3, 0.4) is 0 Å². The first kappa shape index (κ1) is 29.0. The summed E-state index contributed by atoms with van der Waals surface area (Å²) in [6.45, 7) is 7.21. The molecule has 1 saturated heterocycles. The summed E-state index contributed by atoms with van der Waals surface area (Å²) in [5, 5.41) is 9.01. The second-order valence-corrected chi connectivity index (χ2v) is 10.1. The third-order valence-corrected chi connectivity index (χ3v) is 7.56. The Morgan fingerprint density at radius 1 is 0.950 bits per heavy atom. The number of benzene rings is 2. The highest BCUT2D eigenvalue weighted by Crippen LogP contribution is 2.37. The van der Waals surface area contributed by atoms with Crippen LogP contribution >= 0.6 is 0 Å². The standard InChI is InChI=1S/C30H31F3N4O3/c1-20-8-5-6-9-24(20)28(39)36-16-14-35(15-17-36)13-7-3-4-10-25-21(2)27(38)37(29(25)40)23-12-11-22(19-34)26(18-23)30(31,32)33/h5-6,8-9,11-12,18H,3-4,7,10,13-17H2,1-2H3. The van der Waals surface area contributed by atoms with Crippen molar-refractivity contribution < 1.29 is 27.6 Å². The lowest BCUT2D eigenvalue weighted by molar-refractivity contribution is -0.138. The van der Waals surface area contributed by atoms with Gasteiger partial charge in [-0.2, -0.15) is 18.4 Å². The maximum Gasteiger partial charge on any atom is 0.417 e. The van der Waals surface area contributed by atoms with Gasteiger partial charge in [0, 0.05) is 42.9 Å². The van der Waals surface area contributed by atoms with Crippen LogP contribution in [0.5, 0.6) is 0 Å². The quantitative estimate of drug-likeness (QED) is 0.336. The van der Waals surface area contributed by atoms with Gasteiger partial charge in [0.05, 0.1) is 22.9 Å². The Kier molecular flexibility index (Phi) is 8.74. The van der Waals surface area contributed by atoms with Crippen molar-refractivity contribution in [1.82, 2.24) is 9.80 Å².